The number of fused-ring (bicyclic) bond motifs is 1. The van der Waals surface area contributed by atoms with Crippen LogP contribution in [0.25, 0.3) is 5.78 Å². The van der Waals surface area contributed by atoms with Gasteiger partial charge >= 0.3 is 12.1 Å². The maximum atomic E-state index is 12.5. The topological polar surface area (TPSA) is 80.4 Å². The molecule has 0 saturated heterocycles. The molecule has 1 N–H and O–H groups in total. The number of rotatable bonds is 2. The Labute approximate surface area is 104 Å². The summed E-state index contributed by atoms with van der Waals surface area (Å²) in [4.78, 5) is 17.9. The molecule has 9 heteroatoms. The van der Waals surface area contributed by atoms with E-state index in [2.05, 4.69) is 15.1 Å². The lowest BCUT2D eigenvalue weighted by Crippen LogP contribution is -2.11. The van der Waals surface area contributed by atoms with Gasteiger partial charge in [0.05, 0.1) is 6.42 Å². The molecule has 0 aliphatic carbocycles. The zero-order valence-electron chi connectivity index (χ0n) is 9.99. The zero-order valence-corrected chi connectivity index (χ0v) is 9.99. The van der Waals surface area contributed by atoms with Crippen LogP contribution in [0, 0.1) is 13.8 Å². The number of nitrogens with zero attached hydrogens (tertiary/aromatic N) is 4. The minimum absolute atomic E-state index is 0.198. The van der Waals surface area contributed by atoms with Gasteiger partial charge in [0, 0.05) is 17.0 Å². The van der Waals surface area contributed by atoms with Gasteiger partial charge in [-0.3, -0.25) is 4.79 Å². The van der Waals surface area contributed by atoms with E-state index in [1.165, 1.54) is 13.8 Å². The van der Waals surface area contributed by atoms with Crippen molar-refractivity contribution in [2.75, 3.05) is 0 Å². The van der Waals surface area contributed by atoms with Gasteiger partial charge in [0.25, 0.3) is 11.6 Å². The summed E-state index contributed by atoms with van der Waals surface area (Å²) in [5.41, 5.74) is 0.944. The van der Waals surface area contributed by atoms with Gasteiger partial charge in [-0.15, -0.1) is 5.10 Å². The van der Waals surface area contributed by atoms with Crippen LogP contribution >= 0.6 is 0 Å². The second-order valence-electron chi connectivity index (χ2n) is 3.98. The molecule has 0 aromatic carbocycles. The number of carboxylic acid groups (broad SMARTS) is 1. The third-order valence-corrected chi connectivity index (χ3v) is 2.63. The van der Waals surface area contributed by atoms with Crippen LogP contribution in [0.15, 0.2) is 0 Å². The third-order valence-electron chi connectivity index (χ3n) is 2.63. The van der Waals surface area contributed by atoms with Crippen molar-refractivity contribution in [2.45, 2.75) is 26.4 Å². The monoisotopic (exact) mass is 274 g/mol. The summed E-state index contributed by atoms with van der Waals surface area (Å²) < 4.78 is 38.4. The molecular formula is C10H9F3N4O2. The first-order valence-corrected chi connectivity index (χ1v) is 5.22. The lowest BCUT2D eigenvalue weighted by atomic mass is 10.1. The lowest BCUT2D eigenvalue weighted by Gasteiger charge is -2.07. The highest BCUT2D eigenvalue weighted by atomic mass is 19.4. The van der Waals surface area contributed by atoms with Gasteiger partial charge in [0.15, 0.2) is 0 Å². The van der Waals surface area contributed by atoms with E-state index in [1.807, 2.05) is 0 Å². The molecular weight excluding hydrogens is 265 g/mol. The number of carbonyl (C=O) groups is 1. The average Bonchev–Trinajstić information content (AvgIpc) is 2.67. The standard InChI is InChI=1S/C10H9F3N4O2/c1-4-6(3-7(18)19)5(2)17-9(14-4)15-8(16-17)10(11,12)13/h3H2,1-2H3,(H,18,19). The third kappa shape index (κ3) is 2.35. The average molecular weight is 274 g/mol. The Kier molecular flexibility index (Phi) is 2.91. The summed E-state index contributed by atoms with van der Waals surface area (Å²) in [5, 5.41) is 12.1. The molecule has 2 aromatic rings. The second kappa shape index (κ2) is 4.18. The molecule has 0 unspecified atom stereocenters. The minimum Gasteiger partial charge on any atom is -0.481 e. The molecule has 2 aromatic heterocycles. The van der Waals surface area contributed by atoms with Gasteiger partial charge in [0.1, 0.15) is 0 Å². The summed E-state index contributed by atoms with van der Waals surface area (Å²) >= 11 is 0. The van der Waals surface area contributed by atoms with E-state index in [9.17, 15) is 18.0 Å². The molecule has 0 aliphatic heterocycles. The Morgan fingerprint density at radius 1 is 1.32 bits per heavy atom. The van der Waals surface area contributed by atoms with Crippen LogP contribution in [-0.2, 0) is 17.4 Å². The summed E-state index contributed by atoms with van der Waals surface area (Å²) in [7, 11) is 0. The van der Waals surface area contributed by atoms with Crippen LogP contribution in [0.5, 0.6) is 0 Å². The van der Waals surface area contributed by atoms with Gasteiger partial charge in [0.2, 0.25) is 0 Å². The van der Waals surface area contributed by atoms with Crippen molar-refractivity contribution in [1.82, 2.24) is 19.6 Å². The summed E-state index contributed by atoms with van der Waals surface area (Å²) in [6, 6.07) is 0. The van der Waals surface area contributed by atoms with Gasteiger partial charge in [-0.1, -0.05) is 0 Å². The fourth-order valence-electron chi connectivity index (χ4n) is 1.74. The molecule has 0 amide bonds. The number of aromatic nitrogens is 4. The highest BCUT2D eigenvalue weighted by molar-refractivity contribution is 5.71. The van der Waals surface area contributed by atoms with Crippen LogP contribution in [0.2, 0.25) is 0 Å². The summed E-state index contributed by atoms with van der Waals surface area (Å²) in [5.74, 6) is -2.59. The Morgan fingerprint density at radius 2 is 1.95 bits per heavy atom. The molecule has 0 saturated carbocycles. The number of aryl methyl sites for hydroxylation is 2. The maximum Gasteiger partial charge on any atom is 0.453 e. The number of carboxylic acids is 1. The molecule has 102 valence electrons. The molecule has 0 atom stereocenters. The molecule has 2 rings (SSSR count). The normalized spacial score (nSPS) is 12.1. The number of hydrogen-bond donors (Lipinski definition) is 1. The van der Waals surface area contributed by atoms with Crippen LogP contribution in [0.4, 0.5) is 13.2 Å². The van der Waals surface area contributed by atoms with Gasteiger partial charge < -0.3 is 5.11 Å². The van der Waals surface area contributed by atoms with Crippen molar-refractivity contribution in [3.05, 3.63) is 22.8 Å². The molecule has 0 spiro atoms. The highest BCUT2D eigenvalue weighted by Crippen LogP contribution is 2.27. The quantitative estimate of drug-likeness (QED) is 0.895. The molecule has 0 aliphatic rings. The number of alkyl halides is 3. The van der Waals surface area contributed by atoms with Crippen LogP contribution in [-0.4, -0.2) is 30.7 Å². The SMILES string of the molecule is Cc1nc2nc(C(F)(F)F)nn2c(C)c1CC(=O)O. The molecule has 6 nitrogen and oxygen atoms in total. The minimum atomic E-state index is -4.67. The van der Waals surface area contributed by atoms with Crippen molar-refractivity contribution < 1.29 is 23.1 Å². The molecule has 0 fully saturated rings. The predicted molar refractivity (Wildman–Crippen MR) is 56.6 cm³/mol. The van der Waals surface area contributed by atoms with Crippen molar-refractivity contribution >= 4 is 11.7 Å². The van der Waals surface area contributed by atoms with Gasteiger partial charge in [-0.05, 0) is 13.8 Å². The Morgan fingerprint density at radius 3 is 2.47 bits per heavy atom. The molecule has 2 heterocycles. The van der Waals surface area contributed by atoms with Crippen LogP contribution in [0.1, 0.15) is 22.8 Å². The Hall–Kier alpha value is -2.19. The largest absolute Gasteiger partial charge is 0.481 e. The number of aliphatic carboxylic acids is 1. The first-order valence-electron chi connectivity index (χ1n) is 5.22. The maximum absolute atomic E-state index is 12.5. The van der Waals surface area contributed by atoms with Crippen molar-refractivity contribution in [1.29, 1.82) is 0 Å². The van der Waals surface area contributed by atoms with E-state index >= 15 is 0 Å². The molecule has 0 radical (unpaired) electrons. The van der Waals surface area contributed by atoms with E-state index in [1.54, 1.807) is 0 Å². The highest BCUT2D eigenvalue weighted by Gasteiger charge is 2.36. The van der Waals surface area contributed by atoms with E-state index in [4.69, 9.17) is 5.11 Å². The fourth-order valence-corrected chi connectivity index (χ4v) is 1.74. The summed E-state index contributed by atoms with van der Waals surface area (Å²) in [6.07, 6.45) is -5.00. The zero-order chi connectivity index (χ0) is 14.4. The van der Waals surface area contributed by atoms with Crippen molar-refractivity contribution in [2.24, 2.45) is 0 Å². The molecule has 0 bridgehead atoms. The summed E-state index contributed by atoms with van der Waals surface area (Å²) in [6.45, 7) is 3.00. The first-order chi connectivity index (χ1) is 8.70. The van der Waals surface area contributed by atoms with E-state index in [0.717, 1.165) is 4.52 Å². The number of hydrogen-bond acceptors (Lipinski definition) is 4. The first kappa shape index (κ1) is 13.2. The molecule has 19 heavy (non-hydrogen) atoms. The second-order valence-corrected chi connectivity index (χ2v) is 3.98. The van der Waals surface area contributed by atoms with E-state index < -0.39 is 18.0 Å². The predicted octanol–water partition coefficient (Wildman–Crippen LogP) is 1.39. The fraction of sp³-hybridized carbons (Fsp3) is 0.400. The lowest BCUT2D eigenvalue weighted by molar-refractivity contribution is -0.144. The van der Waals surface area contributed by atoms with Crippen molar-refractivity contribution in [3.63, 3.8) is 0 Å². The number of halogens is 3. The van der Waals surface area contributed by atoms with Crippen LogP contribution < -0.4 is 0 Å². The van der Waals surface area contributed by atoms with E-state index in [0.29, 0.717) is 11.3 Å². The van der Waals surface area contributed by atoms with Crippen LogP contribution in [0.3, 0.4) is 0 Å². The van der Waals surface area contributed by atoms with Crippen molar-refractivity contribution in [3.8, 4) is 0 Å². The van der Waals surface area contributed by atoms with E-state index in [-0.39, 0.29) is 17.9 Å². The smallest absolute Gasteiger partial charge is 0.453 e. The van der Waals surface area contributed by atoms with Gasteiger partial charge in [-0.25, -0.2) is 9.50 Å². The Bertz CT molecular complexity index is 663. The Balaban J connectivity index is 2.67. The van der Waals surface area contributed by atoms with Gasteiger partial charge in [-0.2, -0.15) is 18.2 Å².